The Labute approximate surface area is 163 Å². The van der Waals surface area contributed by atoms with Crippen molar-refractivity contribution in [2.75, 3.05) is 45.7 Å². The maximum Gasteiger partial charge on any atom is 0.231 e. The highest BCUT2D eigenvalue weighted by molar-refractivity contribution is 5.91. The van der Waals surface area contributed by atoms with Crippen LogP contribution in [-0.4, -0.2) is 61.4 Å². The molecule has 1 N–H and O–H groups in total. The van der Waals surface area contributed by atoms with Gasteiger partial charge in [0.05, 0.1) is 38.8 Å². The van der Waals surface area contributed by atoms with Crippen LogP contribution in [0.3, 0.4) is 0 Å². The van der Waals surface area contributed by atoms with Crippen molar-refractivity contribution in [3.8, 4) is 23.0 Å². The van der Waals surface area contributed by atoms with Crippen molar-refractivity contribution in [1.29, 1.82) is 0 Å². The summed E-state index contributed by atoms with van der Waals surface area (Å²) in [4.78, 5) is 25.6. The quantitative estimate of drug-likeness (QED) is 0.644. The summed E-state index contributed by atoms with van der Waals surface area (Å²) in [6, 6.07) is 3.74. The number of aryl methyl sites for hydroxylation is 1. The molecule has 0 spiro atoms. The molecule has 0 bridgehead atoms. The molecule has 10 heteroatoms. The fourth-order valence-corrected chi connectivity index (χ4v) is 2.74. The Balaban J connectivity index is 0.00000136. The molecule has 0 fully saturated rings. The van der Waals surface area contributed by atoms with Gasteiger partial charge in [0.2, 0.25) is 24.1 Å². The van der Waals surface area contributed by atoms with E-state index in [1.165, 1.54) is 0 Å². The van der Waals surface area contributed by atoms with Crippen LogP contribution in [0.15, 0.2) is 18.3 Å². The summed E-state index contributed by atoms with van der Waals surface area (Å²) in [5, 5.41) is 3.46. The summed E-state index contributed by atoms with van der Waals surface area (Å²) in [5.41, 5.74) is 2.34. The summed E-state index contributed by atoms with van der Waals surface area (Å²) in [6.07, 6.45) is 2.29. The molecule has 3 aromatic rings. The number of hydrogen-bond acceptors (Lipinski definition) is 7. The molecule has 0 atom stereocenters. The largest absolute Gasteiger partial charge is 0.480 e. The second kappa shape index (κ2) is 8.98. The number of hydrogen-bond donors (Lipinski definition) is 1. The van der Waals surface area contributed by atoms with E-state index >= 15 is 0 Å². The molecule has 0 aromatic carbocycles. The first-order valence-corrected chi connectivity index (χ1v) is 8.21. The summed E-state index contributed by atoms with van der Waals surface area (Å²) in [6.45, 7) is 0. The minimum Gasteiger partial charge on any atom is -0.480 e. The van der Waals surface area contributed by atoms with Crippen molar-refractivity contribution in [3.05, 3.63) is 18.3 Å². The molecule has 0 saturated carbocycles. The van der Waals surface area contributed by atoms with Gasteiger partial charge < -0.3 is 24.3 Å². The van der Waals surface area contributed by atoms with E-state index in [2.05, 4.69) is 20.3 Å². The van der Waals surface area contributed by atoms with E-state index in [9.17, 15) is 9.18 Å². The van der Waals surface area contributed by atoms with Crippen LogP contribution in [0, 0.1) is 0 Å². The molecule has 3 rings (SSSR count). The van der Waals surface area contributed by atoms with Crippen LogP contribution in [-0.2, 0) is 11.8 Å². The molecule has 3 aromatic heterocycles. The number of ether oxygens (including phenoxy) is 2. The molecule has 28 heavy (non-hydrogen) atoms. The zero-order chi connectivity index (χ0) is 20.8. The number of alkyl halides is 1. The Morgan fingerprint density at radius 2 is 1.79 bits per heavy atom. The number of aromatic nitrogens is 4. The minimum absolute atomic E-state index is 0. The molecule has 0 radical (unpaired) electrons. The zero-order valence-electron chi connectivity index (χ0n) is 16.6. The van der Waals surface area contributed by atoms with E-state index < -0.39 is 0 Å². The Kier molecular flexibility index (Phi) is 6.69. The standard InChI is InChI=1S/C17H20N6O3.CH3F.H2/c1-22(2)17-20-15(25-4)14(16(21-17)26-5)11-6-10-7-13(19-9-24)18-8-12(10)23(11)3;1-2;/h6-9H,1-5H3,(H,18,19,24);1H3;1H. The van der Waals surface area contributed by atoms with Crippen molar-refractivity contribution in [2.24, 2.45) is 7.05 Å². The third kappa shape index (κ3) is 3.80. The van der Waals surface area contributed by atoms with E-state index in [-0.39, 0.29) is 1.43 Å². The number of methoxy groups -OCH3 is 2. The molecule has 0 unspecified atom stereocenters. The second-order valence-electron chi connectivity index (χ2n) is 5.79. The average Bonchev–Trinajstić information content (AvgIpc) is 3.04. The molecule has 1 amide bonds. The lowest BCUT2D eigenvalue weighted by atomic mass is 10.2. The van der Waals surface area contributed by atoms with Gasteiger partial charge in [0.15, 0.2) is 0 Å². The maximum atomic E-state index is 10.6. The number of fused-ring (bicyclic) bond motifs is 1. The SMILES string of the molecule is CF.COc1nc(N(C)C)nc(OC)c1-c1cc2cc(NC=O)ncc2n1C.[HH]. The highest BCUT2D eigenvalue weighted by Crippen LogP contribution is 2.39. The molecule has 152 valence electrons. The van der Waals surface area contributed by atoms with Gasteiger partial charge in [-0.3, -0.25) is 9.18 Å². The fraction of sp³-hybridized carbons (Fsp3) is 0.333. The van der Waals surface area contributed by atoms with Gasteiger partial charge in [-0.2, -0.15) is 9.97 Å². The highest BCUT2D eigenvalue weighted by atomic mass is 19.1. The number of pyridine rings is 1. The normalized spacial score (nSPS) is 10.1. The van der Waals surface area contributed by atoms with E-state index in [1.807, 2.05) is 31.8 Å². The number of amides is 1. The maximum absolute atomic E-state index is 10.6. The second-order valence-corrected chi connectivity index (χ2v) is 5.79. The Bertz CT molecular complexity index is 955. The molecule has 0 saturated heterocycles. The minimum atomic E-state index is 0. The number of nitrogens with one attached hydrogen (secondary N) is 1. The number of halogens is 1. The number of nitrogens with zero attached hydrogens (tertiary/aromatic N) is 5. The molecular weight excluding hydrogens is 367 g/mol. The van der Waals surface area contributed by atoms with Gasteiger partial charge in [0.1, 0.15) is 11.4 Å². The lowest BCUT2D eigenvalue weighted by Crippen LogP contribution is -2.14. The van der Waals surface area contributed by atoms with Gasteiger partial charge in [-0.1, -0.05) is 0 Å². The summed E-state index contributed by atoms with van der Waals surface area (Å²) >= 11 is 0. The predicted octanol–water partition coefficient (Wildman–Crippen LogP) is 2.51. The van der Waals surface area contributed by atoms with Gasteiger partial charge in [-0.25, -0.2) is 4.98 Å². The number of carbonyl (C=O) groups excluding carboxylic acids is 1. The van der Waals surface area contributed by atoms with Crippen molar-refractivity contribution in [1.82, 2.24) is 19.5 Å². The molecule has 0 aliphatic rings. The average molecular weight is 392 g/mol. The van der Waals surface area contributed by atoms with Gasteiger partial charge in [-0.15, -0.1) is 0 Å². The molecule has 0 aliphatic carbocycles. The first-order chi connectivity index (χ1) is 13.5. The molecular formula is C18H25FN6O3. The van der Waals surface area contributed by atoms with Crippen LogP contribution in [0.4, 0.5) is 16.2 Å². The summed E-state index contributed by atoms with van der Waals surface area (Å²) in [5.74, 6) is 1.78. The lowest BCUT2D eigenvalue weighted by Gasteiger charge is -2.17. The lowest BCUT2D eigenvalue weighted by molar-refractivity contribution is -0.105. The van der Waals surface area contributed by atoms with E-state index in [0.717, 1.165) is 16.6 Å². The third-order valence-electron chi connectivity index (χ3n) is 4.01. The topological polar surface area (TPSA) is 94.4 Å². The van der Waals surface area contributed by atoms with Crippen molar-refractivity contribution < 1.29 is 20.1 Å². The third-order valence-corrected chi connectivity index (χ3v) is 4.01. The summed E-state index contributed by atoms with van der Waals surface area (Å²) < 4.78 is 22.5. The van der Waals surface area contributed by atoms with Crippen LogP contribution in [0.2, 0.25) is 0 Å². The fourth-order valence-electron chi connectivity index (χ4n) is 2.74. The van der Waals surface area contributed by atoms with Crippen molar-refractivity contribution in [2.45, 2.75) is 0 Å². The van der Waals surface area contributed by atoms with Crippen LogP contribution in [0.5, 0.6) is 11.8 Å². The highest BCUT2D eigenvalue weighted by Gasteiger charge is 2.22. The monoisotopic (exact) mass is 392 g/mol. The molecule has 0 aliphatic heterocycles. The number of rotatable bonds is 6. The van der Waals surface area contributed by atoms with Gasteiger partial charge >= 0.3 is 0 Å². The van der Waals surface area contributed by atoms with E-state index in [4.69, 9.17) is 9.47 Å². The van der Waals surface area contributed by atoms with Crippen LogP contribution >= 0.6 is 0 Å². The van der Waals surface area contributed by atoms with Crippen molar-refractivity contribution >= 4 is 29.1 Å². The Morgan fingerprint density at radius 3 is 2.29 bits per heavy atom. The van der Waals surface area contributed by atoms with Crippen LogP contribution in [0.1, 0.15) is 1.43 Å². The predicted molar refractivity (Wildman–Crippen MR) is 108 cm³/mol. The van der Waals surface area contributed by atoms with Crippen LogP contribution in [0.25, 0.3) is 22.2 Å². The van der Waals surface area contributed by atoms with E-state index in [1.54, 1.807) is 31.4 Å². The zero-order valence-corrected chi connectivity index (χ0v) is 16.6. The first-order valence-electron chi connectivity index (χ1n) is 8.21. The Morgan fingerprint density at radius 1 is 1.18 bits per heavy atom. The number of carbonyl (C=O) groups is 1. The number of anilines is 2. The van der Waals surface area contributed by atoms with Gasteiger partial charge in [0.25, 0.3) is 0 Å². The molecule has 9 nitrogen and oxygen atoms in total. The first kappa shape index (κ1) is 20.9. The molecule has 3 heterocycles. The Hall–Kier alpha value is -3.43. The van der Waals surface area contributed by atoms with Crippen molar-refractivity contribution in [3.63, 3.8) is 0 Å². The summed E-state index contributed by atoms with van der Waals surface area (Å²) in [7, 11) is 9.21. The van der Waals surface area contributed by atoms with Gasteiger partial charge in [-0.05, 0) is 12.1 Å². The smallest absolute Gasteiger partial charge is 0.231 e. The van der Waals surface area contributed by atoms with E-state index in [0.29, 0.717) is 42.7 Å². The van der Waals surface area contributed by atoms with Crippen LogP contribution < -0.4 is 19.7 Å². The van der Waals surface area contributed by atoms with Gasteiger partial charge in [0, 0.05) is 28.0 Å².